The van der Waals surface area contributed by atoms with Crippen molar-refractivity contribution in [3.63, 3.8) is 0 Å². The molecule has 0 aromatic heterocycles. The van der Waals surface area contributed by atoms with Crippen LogP contribution >= 0.6 is 23.5 Å². The van der Waals surface area contributed by atoms with Crippen LogP contribution in [-0.2, 0) is 43.2 Å². The van der Waals surface area contributed by atoms with Gasteiger partial charge in [0.25, 0.3) is 0 Å². The van der Waals surface area contributed by atoms with Crippen LogP contribution < -0.4 is 59.5 Å². The van der Waals surface area contributed by atoms with Crippen molar-refractivity contribution in [3.8, 4) is 0 Å². The van der Waals surface area contributed by atoms with Crippen LogP contribution in [0.2, 0.25) is 0 Å². The third-order valence-corrected chi connectivity index (χ3v) is 12.0. The van der Waals surface area contributed by atoms with Crippen molar-refractivity contribution in [2.45, 2.75) is 120 Å². The van der Waals surface area contributed by atoms with Crippen molar-refractivity contribution in [3.05, 3.63) is 0 Å². The predicted octanol–water partition coefficient (Wildman–Crippen LogP) is -2.64. The molecular weight excluding hydrogens is 839 g/mol. The molecule has 0 bridgehead atoms. The van der Waals surface area contributed by atoms with Gasteiger partial charge in [0.05, 0.1) is 31.6 Å². The number of unbranched alkanes of at least 4 members (excludes halogenated alkanes) is 2. The van der Waals surface area contributed by atoms with E-state index in [-0.39, 0.29) is 49.2 Å². The number of hydrogen-bond donors (Lipinski definition) is 12. The molecule has 24 heteroatoms. The number of fused-ring (bicyclic) bond motifs is 1. The van der Waals surface area contributed by atoms with E-state index in [2.05, 4.69) is 42.5 Å². The van der Waals surface area contributed by atoms with Crippen LogP contribution in [0.25, 0.3) is 0 Å². The second-order valence-electron chi connectivity index (χ2n) is 15.4. The third-order valence-electron chi connectivity index (χ3n) is 9.84. The van der Waals surface area contributed by atoms with Gasteiger partial charge in [-0.2, -0.15) is 23.5 Å². The van der Waals surface area contributed by atoms with E-state index < -0.39 is 97.2 Å². The average molecular weight is 902 g/mol. The minimum Gasteiger partial charge on any atom is -0.370 e. The first-order valence-electron chi connectivity index (χ1n) is 20.3. The molecule has 2 rings (SSSR count). The molecule has 0 aromatic carbocycles. The number of nitrogens with one attached hydrogen (secondary N) is 9. The Bertz CT molecular complexity index is 1560. The Hall–Kier alpha value is -4.84. The summed E-state index contributed by atoms with van der Waals surface area (Å²) in [5.41, 5.74) is 12.3. The highest BCUT2D eigenvalue weighted by Crippen LogP contribution is 2.33. The van der Waals surface area contributed by atoms with E-state index in [1.165, 1.54) is 17.2 Å². The first-order chi connectivity index (χ1) is 28.9. The van der Waals surface area contributed by atoms with Crippen molar-refractivity contribution in [2.24, 2.45) is 23.3 Å². The Morgan fingerprint density at radius 1 is 0.770 bits per heavy atom. The lowest BCUT2D eigenvalue weighted by Crippen LogP contribution is -2.56. The van der Waals surface area contributed by atoms with E-state index in [1.807, 2.05) is 11.8 Å². The van der Waals surface area contributed by atoms with Gasteiger partial charge in [-0.1, -0.05) is 20.3 Å². The van der Waals surface area contributed by atoms with E-state index >= 15 is 0 Å². The average Bonchev–Trinajstić information content (AvgIpc) is 3.76. The molecule has 61 heavy (non-hydrogen) atoms. The second-order valence-corrected chi connectivity index (χ2v) is 17.6. The van der Waals surface area contributed by atoms with Gasteiger partial charge in [0, 0.05) is 36.3 Å². The number of primary amides is 2. The zero-order valence-corrected chi connectivity index (χ0v) is 36.6. The van der Waals surface area contributed by atoms with Crippen LogP contribution in [-0.4, -0.2) is 137 Å². The predicted molar refractivity (Wildman–Crippen MR) is 226 cm³/mol. The molecule has 11 amide bonds. The van der Waals surface area contributed by atoms with Crippen molar-refractivity contribution < 1.29 is 53.2 Å². The molecule has 0 saturated carbocycles. The van der Waals surface area contributed by atoms with E-state index in [4.69, 9.17) is 16.7 Å². The lowest BCUT2D eigenvalue weighted by Gasteiger charge is -2.24. The van der Waals surface area contributed by atoms with Crippen molar-refractivity contribution in [2.75, 3.05) is 37.4 Å². The number of hydroxylamine groups is 1. The maximum atomic E-state index is 13.3. The highest BCUT2D eigenvalue weighted by molar-refractivity contribution is 8.00. The zero-order chi connectivity index (χ0) is 45.5. The zero-order valence-electron chi connectivity index (χ0n) is 34.9. The van der Waals surface area contributed by atoms with Gasteiger partial charge in [-0.25, -0.2) is 10.3 Å². The second kappa shape index (κ2) is 27.9. The van der Waals surface area contributed by atoms with Crippen LogP contribution in [0.1, 0.15) is 84.5 Å². The Kier molecular flexibility index (Phi) is 23.9. The number of nitrogens with two attached hydrogens (primary N) is 2. The van der Waals surface area contributed by atoms with E-state index in [9.17, 15) is 47.9 Å². The Morgan fingerprint density at radius 2 is 1.48 bits per heavy atom. The SMILES string of the molecule is CSCC[C@H](NC(=O)[C@H](CC(N)=O)NC(=O)C(CC(=O)NO)CC(C)C)C(=O)NCC(=O)NCC(=O)N[C@@H](CCCCNC(=O)CCCC[C@@H]1SC[C@@H]2NC(=O)N[C@@H]21)C(N)=O. The summed E-state index contributed by atoms with van der Waals surface area (Å²) in [5, 5.41) is 30.0. The van der Waals surface area contributed by atoms with Gasteiger partial charge in [0.2, 0.25) is 53.2 Å². The van der Waals surface area contributed by atoms with Crippen LogP contribution in [0, 0.1) is 11.8 Å². The highest BCUT2D eigenvalue weighted by atomic mass is 32.2. The Labute approximate surface area is 363 Å². The molecule has 344 valence electrons. The van der Waals surface area contributed by atoms with E-state index in [0.29, 0.717) is 36.8 Å². The van der Waals surface area contributed by atoms with Gasteiger partial charge in [-0.3, -0.25) is 48.4 Å². The summed E-state index contributed by atoms with van der Waals surface area (Å²) in [7, 11) is 0. The molecule has 0 spiro atoms. The van der Waals surface area contributed by atoms with Gasteiger partial charge < -0.3 is 54.0 Å². The molecule has 22 nitrogen and oxygen atoms in total. The fourth-order valence-electron chi connectivity index (χ4n) is 6.73. The molecule has 2 aliphatic rings. The van der Waals surface area contributed by atoms with Crippen molar-refractivity contribution >= 4 is 82.7 Å². The molecule has 2 fully saturated rings. The summed E-state index contributed by atoms with van der Waals surface area (Å²) in [6, 6.07) is -3.58. The quantitative estimate of drug-likeness (QED) is 0.0152. The molecule has 0 radical (unpaired) electrons. The first-order valence-corrected chi connectivity index (χ1v) is 22.8. The molecule has 1 unspecified atom stereocenters. The van der Waals surface area contributed by atoms with Gasteiger partial charge in [-0.15, -0.1) is 0 Å². The lowest BCUT2D eigenvalue weighted by molar-refractivity contribution is -0.137. The standard InChI is InChI=1S/C37H63N11O11S2/c1-20(2)14-21(15-29(51)48-59)34(55)45-24(16-27(38)49)36(57)44-23(11-13-60-3)35(56)42-17-30(52)41-18-31(53)43-22(33(39)54)8-6-7-12-40-28(50)10-5-4-9-26-32-25(19-61-26)46-37(58)47-32/h20-26,32,59H,4-19H2,1-3H3,(H2,38,49)(H2,39,54)(H,40,50)(H,41,52)(H,42,56)(H,43,53)(H,44,57)(H,45,55)(H,48,51)(H2,46,47,58)/t21?,22-,23-,24-,25-,26-,32-/m0/s1. The topological polar surface area (TPSA) is 351 Å². The summed E-state index contributed by atoms with van der Waals surface area (Å²) < 4.78 is 0. The summed E-state index contributed by atoms with van der Waals surface area (Å²) in [5.74, 6) is -6.28. The van der Waals surface area contributed by atoms with Gasteiger partial charge >= 0.3 is 6.03 Å². The number of hydrogen-bond acceptors (Lipinski definition) is 13. The smallest absolute Gasteiger partial charge is 0.315 e. The van der Waals surface area contributed by atoms with Crippen LogP contribution in [0.5, 0.6) is 0 Å². The monoisotopic (exact) mass is 901 g/mol. The van der Waals surface area contributed by atoms with Gasteiger partial charge in [-0.05, 0) is 62.9 Å². The number of rotatable bonds is 30. The number of urea groups is 1. The molecule has 2 heterocycles. The minimum absolute atomic E-state index is 0.0484. The fourth-order valence-corrected chi connectivity index (χ4v) is 8.74. The normalized spacial score (nSPS) is 18.5. The summed E-state index contributed by atoms with van der Waals surface area (Å²) >= 11 is 3.19. The van der Waals surface area contributed by atoms with Crippen molar-refractivity contribution in [1.29, 1.82) is 0 Å². The van der Waals surface area contributed by atoms with Gasteiger partial charge in [0.15, 0.2) is 0 Å². The summed E-state index contributed by atoms with van der Waals surface area (Å²) in [6.45, 7) is 2.84. The number of thioether (sulfide) groups is 2. The Balaban J connectivity index is 1.75. The number of amides is 11. The fraction of sp³-hybridized carbons (Fsp3) is 0.730. The molecule has 0 aliphatic carbocycles. The molecule has 14 N–H and O–H groups in total. The Morgan fingerprint density at radius 3 is 2.13 bits per heavy atom. The van der Waals surface area contributed by atoms with Gasteiger partial charge in [0.1, 0.15) is 18.1 Å². The van der Waals surface area contributed by atoms with Crippen molar-refractivity contribution in [1.82, 2.24) is 48.0 Å². The highest BCUT2D eigenvalue weighted by Gasteiger charge is 2.42. The molecule has 2 aliphatic heterocycles. The number of carbonyl (C=O) groups excluding carboxylic acids is 10. The van der Waals surface area contributed by atoms with E-state index in [1.54, 1.807) is 20.1 Å². The first kappa shape index (κ1) is 52.3. The largest absolute Gasteiger partial charge is 0.370 e. The lowest BCUT2D eigenvalue weighted by atomic mass is 9.92. The van der Waals surface area contributed by atoms with Crippen LogP contribution in [0.4, 0.5) is 4.79 Å². The minimum atomic E-state index is -1.51. The maximum absolute atomic E-state index is 13.3. The molecule has 7 atom stereocenters. The van der Waals surface area contributed by atoms with Crippen LogP contribution in [0.15, 0.2) is 0 Å². The molecule has 0 aromatic rings. The molecular formula is C37H63N11O11S2. The van der Waals surface area contributed by atoms with E-state index in [0.717, 1.165) is 25.0 Å². The maximum Gasteiger partial charge on any atom is 0.315 e. The third kappa shape index (κ3) is 20.5. The molecule has 2 saturated heterocycles. The number of carbonyl (C=O) groups is 10. The van der Waals surface area contributed by atoms with Crippen LogP contribution in [0.3, 0.4) is 0 Å². The summed E-state index contributed by atoms with van der Waals surface area (Å²) in [6.07, 6.45) is 5.09. The summed E-state index contributed by atoms with van der Waals surface area (Å²) in [4.78, 5) is 124.